The van der Waals surface area contributed by atoms with Gasteiger partial charge in [0.1, 0.15) is 5.82 Å². The van der Waals surface area contributed by atoms with Crippen LogP contribution in [0.3, 0.4) is 0 Å². The summed E-state index contributed by atoms with van der Waals surface area (Å²) in [7, 11) is -3.81. The first-order valence-corrected chi connectivity index (χ1v) is 11.5. The Bertz CT molecular complexity index is 990. The van der Waals surface area contributed by atoms with Crippen molar-refractivity contribution in [2.45, 2.75) is 43.5 Å². The van der Waals surface area contributed by atoms with Crippen molar-refractivity contribution in [3.05, 3.63) is 59.9 Å². The summed E-state index contributed by atoms with van der Waals surface area (Å²) in [5, 5.41) is 3.09. The molecule has 154 valence electrons. The average molecular weight is 417 g/mol. The lowest BCUT2D eigenvalue weighted by Crippen LogP contribution is -2.40. The third-order valence-corrected chi connectivity index (χ3v) is 7.71. The van der Waals surface area contributed by atoms with Gasteiger partial charge in [0.2, 0.25) is 0 Å². The maximum atomic E-state index is 13.0. The molecule has 2 aliphatic carbocycles. The van der Waals surface area contributed by atoms with Gasteiger partial charge in [0, 0.05) is 17.3 Å². The number of anilines is 1. The number of amides is 1. The Labute approximate surface area is 170 Å². The van der Waals surface area contributed by atoms with E-state index in [4.69, 9.17) is 0 Å². The molecule has 1 amide bonds. The van der Waals surface area contributed by atoms with Gasteiger partial charge >= 0.3 is 0 Å². The predicted molar refractivity (Wildman–Crippen MR) is 110 cm³/mol. The van der Waals surface area contributed by atoms with Crippen molar-refractivity contribution in [2.75, 3.05) is 4.72 Å². The smallest absolute Gasteiger partial charge is 0.261 e. The van der Waals surface area contributed by atoms with Crippen LogP contribution in [0.2, 0.25) is 0 Å². The Morgan fingerprint density at radius 3 is 2.31 bits per heavy atom. The molecular formula is C22H25FN2O3S. The molecule has 0 radical (unpaired) electrons. The van der Waals surface area contributed by atoms with Gasteiger partial charge in [-0.1, -0.05) is 6.42 Å². The highest BCUT2D eigenvalue weighted by atomic mass is 32.2. The van der Waals surface area contributed by atoms with Gasteiger partial charge in [-0.15, -0.1) is 0 Å². The highest BCUT2D eigenvalue weighted by Crippen LogP contribution is 2.49. The van der Waals surface area contributed by atoms with E-state index in [1.54, 1.807) is 0 Å². The lowest BCUT2D eigenvalue weighted by molar-refractivity contribution is 0.0915. The van der Waals surface area contributed by atoms with Crippen LogP contribution >= 0.6 is 0 Å². The van der Waals surface area contributed by atoms with Gasteiger partial charge in [-0.25, -0.2) is 12.8 Å². The van der Waals surface area contributed by atoms with Crippen LogP contribution in [0.1, 0.15) is 43.0 Å². The average Bonchev–Trinajstić information content (AvgIpc) is 3.33. The van der Waals surface area contributed by atoms with E-state index in [1.165, 1.54) is 74.2 Å². The van der Waals surface area contributed by atoms with Crippen LogP contribution in [0, 0.1) is 23.6 Å². The molecule has 0 aliphatic heterocycles. The predicted octanol–water partition coefficient (Wildman–Crippen LogP) is 4.18. The van der Waals surface area contributed by atoms with E-state index in [1.807, 2.05) is 0 Å². The van der Waals surface area contributed by atoms with Gasteiger partial charge in [-0.05, 0) is 92.5 Å². The molecular weight excluding hydrogens is 391 g/mol. The molecule has 4 rings (SSSR count). The van der Waals surface area contributed by atoms with Crippen LogP contribution in [0.25, 0.3) is 0 Å². The minimum Gasteiger partial charge on any atom is -0.349 e. The summed E-state index contributed by atoms with van der Waals surface area (Å²) in [4.78, 5) is 12.6. The lowest BCUT2D eigenvalue weighted by Gasteiger charge is -2.28. The summed E-state index contributed by atoms with van der Waals surface area (Å²) in [5.74, 6) is 1.46. The quantitative estimate of drug-likeness (QED) is 0.742. The van der Waals surface area contributed by atoms with E-state index in [2.05, 4.69) is 17.0 Å². The molecule has 0 saturated heterocycles. The van der Waals surface area contributed by atoms with Crippen LogP contribution < -0.4 is 10.0 Å². The second kappa shape index (κ2) is 7.78. The Hall–Kier alpha value is -2.41. The first-order chi connectivity index (χ1) is 13.8. The molecule has 5 nitrogen and oxygen atoms in total. The van der Waals surface area contributed by atoms with E-state index in [0.717, 1.165) is 11.8 Å². The molecule has 29 heavy (non-hydrogen) atoms. The number of hydrogen-bond acceptors (Lipinski definition) is 3. The molecule has 2 N–H and O–H groups in total. The number of benzene rings is 2. The molecule has 0 spiro atoms. The summed E-state index contributed by atoms with van der Waals surface area (Å²) in [5.41, 5.74) is 0.702. The SMILES string of the molecule is CC(NC(=O)c1ccc(S(=O)(=O)Nc2ccc(F)cc2)cc1)C1CC2CCC1C2. The standard InChI is InChI=1S/C22H25FN2O3S/c1-14(21-13-15-2-3-17(21)12-15)24-22(26)16-4-10-20(11-5-16)29(27,28)25-19-8-6-18(23)7-9-19/h4-11,14-15,17,21,25H,2-3,12-13H2,1H3,(H,24,26). The molecule has 2 fully saturated rings. The number of rotatable bonds is 6. The summed E-state index contributed by atoms with van der Waals surface area (Å²) in [6.45, 7) is 2.06. The van der Waals surface area contributed by atoms with Gasteiger partial charge in [-0.2, -0.15) is 0 Å². The number of hydrogen-bond donors (Lipinski definition) is 2. The van der Waals surface area contributed by atoms with Crippen LogP contribution in [-0.4, -0.2) is 20.4 Å². The molecule has 2 aromatic carbocycles. The first kappa shape index (κ1) is 19.9. The minimum absolute atomic E-state index is 0.0412. The fourth-order valence-corrected chi connectivity index (χ4v) is 5.88. The first-order valence-electron chi connectivity index (χ1n) is 10.0. The number of carbonyl (C=O) groups is 1. The van der Waals surface area contributed by atoms with Crippen LogP contribution in [-0.2, 0) is 10.0 Å². The number of carbonyl (C=O) groups excluding carboxylic acids is 1. The Balaban J connectivity index is 1.40. The monoisotopic (exact) mass is 416 g/mol. The maximum absolute atomic E-state index is 13.0. The zero-order valence-electron chi connectivity index (χ0n) is 16.3. The van der Waals surface area contributed by atoms with E-state index in [0.29, 0.717) is 11.5 Å². The summed E-state index contributed by atoms with van der Waals surface area (Å²) in [6, 6.07) is 11.0. The molecule has 4 atom stereocenters. The topological polar surface area (TPSA) is 75.3 Å². The van der Waals surface area contributed by atoms with Crippen LogP contribution in [0.15, 0.2) is 53.4 Å². The normalized spacial score (nSPS) is 24.3. The summed E-state index contributed by atoms with van der Waals surface area (Å²) >= 11 is 0. The van der Waals surface area contributed by atoms with E-state index in [-0.39, 0.29) is 22.5 Å². The highest BCUT2D eigenvalue weighted by Gasteiger charge is 2.42. The number of halogens is 1. The van der Waals surface area contributed by atoms with Gasteiger partial charge in [0.15, 0.2) is 0 Å². The summed E-state index contributed by atoms with van der Waals surface area (Å²) < 4.78 is 40.4. The summed E-state index contributed by atoms with van der Waals surface area (Å²) in [6.07, 6.45) is 5.07. The van der Waals surface area contributed by atoms with Crippen molar-refractivity contribution < 1.29 is 17.6 Å². The second-order valence-electron chi connectivity index (χ2n) is 8.24. The van der Waals surface area contributed by atoms with Crippen molar-refractivity contribution in [1.82, 2.24) is 5.32 Å². The Morgan fingerprint density at radius 1 is 1.03 bits per heavy atom. The molecule has 2 aromatic rings. The fourth-order valence-electron chi connectivity index (χ4n) is 4.82. The molecule has 2 saturated carbocycles. The van der Waals surface area contributed by atoms with E-state index in [9.17, 15) is 17.6 Å². The molecule has 2 aliphatic rings. The molecule has 0 heterocycles. The van der Waals surface area contributed by atoms with Gasteiger partial charge < -0.3 is 5.32 Å². The number of sulfonamides is 1. The van der Waals surface area contributed by atoms with Crippen LogP contribution in [0.5, 0.6) is 0 Å². The zero-order chi connectivity index (χ0) is 20.6. The zero-order valence-corrected chi connectivity index (χ0v) is 17.1. The van der Waals surface area contributed by atoms with E-state index >= 15 is 0 Å². The largest absolute Gasteiger partial charge is 0.349 e. The second-order valence-corrected chi connectivity index (χ2v) is 9.92. The van der Waals surface area contributed by atoms with Crippen LogP contribution in [0.4, 0.5) is 10.1 Å². The fraction of sp³-hybridized carbons (Fsp3) is 0.409. The van der Waals surface area contributed by atoms with Crippen molar-refractivity contribution in [2.24, 2.45) is 17.8 Å². The molecule has 2 bridgehead atoms. The third kappa shape index (κ3) is 4.29. The lowest BCUT2D eigenvalue weighted by atomic mass is 9.84. The van der Waals surface area contributed by atoms with Gasteiger partial charge in [0.05, 0.1) is 4.90 Å². The minimum atomic E-state index is -3.81. The van der Waals surface area contributed by atoms with Gasteiger partial charge in [-0.3, -0.25) is 9.52 Å². The Morgan fingerprint density at radius 2 is 1.72 bits per heavy atom. The van der Waals surface area contributed by atoms with E-state index < -0.39 is 15.8 Å². The van der Waals surface area contributed by atoms with Crippen molar-refractivity contribution in [1.29, 1.82) is 0 Å². The third-order valence-electron chi connectivity index (χ3n) is 6.32. The Kier molecular flexibility index (Phi) is 5.34. The van der Waals surface area contributed by atoms with Crippen molar-refractivity contribution >= 4 is 21.6 Å². The highest BCUT2D eigenvalue weighted by molar-refractivity contribution is 7.92. The van der Waals surface area contributed by atoms with Crippen molar-refractivity contribution in [3.63, 3.8) is 0 Å². The number of nitrogens with one attached hydrogen (secondary N) is 2. The van der Waals surface area contributed by atoms with Gasteiger partial charge in [0.25, 0.3) is 15.9 Å². The molecule has 0 aromatic heterocycles. The van der Waals surface area contributed by atoms with Crippen molar-refractivity contribution in [3.8, 4) is 0 Å². The maximum Gasteiger partial charge on any atom is 0.261 e. The number of fused-ring (bicyclic) bond motifs is 2. The molecule has 7 heteroatoms. The molecule has 4 unspecified atom stereocenters.